The highest BCUT2D eigenvalue weighted by molar-refractivity contribution is 5.86. The predicted octanol–water partition coefficient (Wildman–Crippen LogP) is 3.08. The lowest BCUT2D eigenvalue weighted by Crippen LogP contribution is -2.25. The van der Waals surface area contributed by atoms with Gasteiger partial charge in [0.25, 0.3) is 0 Å². The minimum absolute atomic E-state index is 0.0892. The molecule has 1 heterocycles. The van der Waals surface area contributed by atoms with Crippen LogP contribution in [0.25, 0.3) is 0 Å². The van der Waals surface area contributed by atoms with E-state index in [4.69, 9.17) is 9.84 Å². The SMILES string of the molecule is CCCCCCOc1ccc(CN2CC(C(=O)O)CC2=O)cc1. The van der Waals surface area contributed by atoms with Crippen LogP contribution in [-0.4, -0.2) is 35.0 Å². The molecule has 1 aliphatic rings. The van der Waals surface area contributed by atoms with Gasteiger partial charge in [0.1, 0.15) is 5.75 Å². The summed E-state index contributed by atoms with van der Waals surface area (Å²) in [5.74, 6) is -0.726. The molecule has 23 heavy (non-hydrogen) atoms. The normalized spacial score (nSPS) is 17.5. The Hall–Kier alpha value is -2.04. The number of rotatable bonds is 9. The van der Waals surface area contributed by atoms with Crippen molar-refractivity contribution < 1.29 is 19.4 Å². The van der Waals surface area contributed by atoms with E-state index in [0.29, 0.717) is 13.1 Å². The molecule has 1 unspecified atom stereocenters. The first-order chi connectivity index (χ1) is 11.1. The van der Waals surface area contributed by atoms with Crippen LogP contribution in [0.2, 0.25) is 0 Å². The number of amides is 1. The first-order valence-electron chi connectivity index (χ1n) is 8.32. The van der Waals surface area contributed by atoms with Crippen LogP contribution in [0.4, 0.5) is 0 Å². The highest BCUT2D eigenvalue weighted by Gasteiger charge is 2.33. The molecule has 1 saturated heterocycles. The summed E-state index contributed by atoms with van der Waals surface area (Å²) in [6.07, 6.45) is 4.81. The van der Waals surface area contributed by atoms with Gasteiger partial charge in [-0.15, -0.1) is 0 Å². The van der Waals surface area contributed by atoms with Crippen LogP contribution in [0, 0.1) is 5.92 Å². The number of likely N-dealkylation sites (tertiary alicyclic amines) is 1. The molecular formula is C18H25NO4. The molecule has 1 atom stereocenters. The van der Waals surface area contributed by atoms with Crippen LogP contribution < -0.4 is 4.74 Å². The van der Waals surface area contributed by atoms with Gasteiger partial charge in [0, 0.05) is 19.5 Å². The number of carbonyl (C=O) groups is 2. The van der Waals surface area contributed by atoms with E-state index in [-0.39, 0.29) is 12.3 Å². The van der Waals surface area contributed by atoms with E-state index >= 15 is 0 Å². The number of carboxylic acid groups (broad SMARTS) is 1. The molecule has 1 fully saturated rings. The molecule has 126 valence electrons. The van der Waals surface area contributed by atoms with E-state index in [1.807, 2.05) is 24.3 Å². The Balaban J connectivity index is 1.79. The van der Waals surface area contributed by atoms with Gasteiger partial charge >= 0.3 is 5.97 Å². The van der Waals surface area contributed by atoms with Gasteiger partial charge in [0.05, 0.1) is 12.5 Å². The second-order valence-electron chi connectivity index (χ2n) is 6.07. The van der Waals surface area contributed by atoms with Crippen LogP contribution in [0.15, 0.2) is 24.3 Å². The van der Waals surface area contributed by atoms with Gasteiger partial charge in [0.2, 0.25) is 5.91 Å². The number of carbonyl (C=O) groups excluding carboxylic acids is 1. The molecule has 5 nitrogen and oxygen atoms in total. The van der Waals surface area contributed by atoms with Gasteiger partial charge in [-0.05, 0) is 24.1 Å². The second kappa shape index (κ2) is 8.56. The van der Waals surface area contributed by atoms with Crippen molar-refractivity contribution in [2.45, 2.75) is 45.6 Å². The minimum atomic E-state index is -0.896. The molecule has 0 radical (unpaired) electrons. The Morgan fingerprint density at radius 3 is 2.61 bits per heavy atom. The van der Waals surface area contributed by atoms with Crippen LogP contribution in [0.1, 0.15) is 44.6 Å². The summed E-state index contributed by atoms with van der Waals surface area (Å²) in [5.41, 5.74) is 0.989. The van der Waals surface area contributed by atoms with Gasteiger partial charge in [-0.2, -0.15) is 0 Å². The zero-order valence-corrected chi connectivity index (χ0v) is 13.7. The minimum Gasteiger partial charge on any atom is -0.494 e. The van der Waals surface area contributed by atoms with E-state index in [2.05, 4.69) is 6.92 Å². The summed E-state index contributed by atoms with van der Waals surface area (Å²) in [6.45, 7) is 3.66. The summed E-state index contributed by atoms with van der Waals surface area (Å²) in [7, 11) is 0. The van der Waals surface area contributed by atoms with Crippen molar-refractivity contribution in [2.24, 2.45) is 5.92 Å². The maximum absolute atomic E-state index is 11.8. The Morgan fingerprint density at radius 1 is 1.26 bits per heavy atom. The fraction of sp³-hybridized carbons (Fsp3) is 0.556. The number of benzene rings is 1. The average molecular weight is 319 g/mol. The molecule has 0 aromatic heterocycles. The molecule has 0 bridgehead atoms. The summed E-state index contributed by atoms with van der Waals surface area (Å²) in [5, 5.41) is 8.99. The van der Waals surface area contributed by atoms with Crippen LogP contribution >= 0.6 is 0 Å². The third-order valence-electron chi connectivity index (χ3n) is 4.13. The fourth-order valence-electron chi connectivity index (χ4n) is 2.72. The Bertz CT molecular complexity index is 526. The Labute approximate surface area is 137 Å². The van der Waals surface area contributed by atoms with Gasteiger partial charge in [0.15, 0.2) is 0 Å². The van der Waals surface area contributed by atoms with Crippen LogP contribution in [-0.2, 0) is 16.1 Å². The molecule has 1 aromatic rings. The number of aliphatic carboxylic acids is 1. The zero-order chi connectivity index (χ0) is 16.7. The summed E-state index contributed by atoms with van der Waals surface area (Å²) < 4.78 is 5.69. The number of ether oxygens (including phenoxy) is 1. The second-order valence-corrected chi connectivity index (χ2v) is 6.07. The molecule has 1 aliphatic heterocycles. The molecule has 0 spiro atoms. The Morgan fingerprint density at radius 2 is 2.00 bits per heavy atom. The molecule has 1 aromatic carbocycles. The van der Waals surface area contributed by atoms with E-state index in [9.17, 15) is 9.59 Å². The van der Waals surface area contributed by atoms with Crippen molar-refractivity contribution in [1.82, 2.24) is 4.90 Å². The highest BCUT2D eigenvalue weighted by atomic mass is 16.5. The lowest BCUT2D eigenvalue weighted by atomic mass is 10.1. The van der Waals surface area contributed by atoms with E-state index in [1.54, 1.807) is 4.90 Å². The van der Waals surface area contributed by atoms with E-state index in [1.165, 1.54) is 19.3 Å². The quantitative estimate of drug-likeness (QED) is 0.710. The van der Waals surface area contributed by atoms with Crippen molar-refractivity contribution in [3.8, 4) is 5.75 Å². The Kier molecular flexibility index (Phi) is 6.44. The predicted molar refractivity (Wildman–Crippen MR) is 87.2 cm³/mol. The van der Waals surface area contributed by atoms with Gasteiger partial charge in [-0.3, -0.25) is 9.59 Å². The number of nitrogens with zero attached hydrogens (tertiary/aromatic N) is 1. The zero-order valence-electron chi connectivity index (χ0n) is 13.7. The lowest BCUT2D eigenvalue weighted by Gasteiger charge is -2.16. The van der Waals surface area contributed by atoms with Crippen LogP contribution in [0.3, 0.4) is 0 Å². The molecular weight excluding hydrogens is 294 g/mol. The lowest BCUT2D eigenvalue weighted by molar-refractivity contribution is -0.141. The topological polar surface area (TPSA) is 66.8 Å². The number of unbranched alkanes of at least 4 members (excludes halogenated alkanes) is 3. The standard InChI is InChI=1S/C18H25NO4/c1-2-3-4-5-10-23-16-8-6-14(7-9-16)12-19-13-15(18(21)22)11-17(19)20/h6-9,15H,2-5,10-13H2,1H3,(H,21,22). The average Bonchev–Trinajstić information content (AvgIpc) is 2.90. The van der Waals surface area contributed by atoms with Gasteiger partial charge < -0.3 is 14.7 Å². The third kappa shape index (κ3) is 5.27. The van der Waals surface area contributed by atoms with Crippen molar-refractivity contribution >= 4 is 11.9 Å². The van der Waals surface area contributed by atoms with Gasteiger partial charge in [-0.25, -0.2) is 0 Å². The molecule has 1 amide bonds. The number of carboxylic acids is 1. The first kappa shape index (κ1) is 17.3. The van der Waals surface area contributed by atoms with Crippen molar-refractivity contribution in [1.29, 1.82) is 0 Å². The number of hydrogen-bond donors (Lipinski definition) is 1. The summed E-state index contributed by atoms with van der Waals surface area (Å²) in [6, 6.07) is 7.68. The van der Waals surface area contributed by atoms with E-state index < -0.39 is 11.9 Å². The summed E-state index contributed by atoms with van der Waals surface area (Å²) in [4.78, 5) is 24.4. The molecule has 5 heteroatoms. The highest BCUT2D eigenvalue weighted by Crippen LogP contribution is 2.21. The largest absolute Gasteiger partial charge is 0.494 e. The molecule has 1 N–H and O–H groups in total. The first-order valence-corrected chi connectivity index (χ1v) is 8.32. The molecule has 0 saturated carbocycles. The number of hydrogen-bond acceptors (Lipinski definition) is 3. The third-order valence-corrected chi connectivity index (χ3v) is 4.13. The smallest absolute Gasteiger partial charge is 0.308 e. The monoisotopic (exact) mass is 319 g/mol. The fourth-order valence-corrected chi connectivity index (χ4v) is 2.72. The van der Waals surface area contributed by atoms with Crippen molar-refractivity contribution in [2.75, 3.05) is 13.2 Å². The summed E-state index contributed by atoms with van der Waals surface area (Å²) >= 11 is 0. The molecule has 2 rings (SSSR count). The maximum Gasteiger partial charge on any atom is 0.308 e. The van der Waals surface area contributed by atoms with Gasteiger partial charge in [-0.1, -0.05) is 38.3 Å². The van der Waals surface area contributed by atoms with Crippen LogP contribution in [0.5, 0.6) is 5.75 Å². The van der Waals surface area contributed by atoms with Crippen molar-refractivity contribution in [3.63, 3.8) is 0 Å². The van der Waals surface area contributed by atoms with E-state index in [0.717, 1.165) is 24.3 Å². The maximum atomic E-state index is 11.8. The molecule has 0 aliphatic carbocycles. The van der Waals surface area contributed by atoms with Crippen molar-refractivity contribution in [3.05, 3.63) is 29.8 Å².